The molecule has 2 heterocycles. The lowest BCUT2D eigenvalue weighted by molar-refractivity contribution is -0.137. The van der Waals surface area contributed by atoms with Gasteiger partial charge in [0.15, 0.2) is 0 Å². The van der Waals surface area contributed by atoms with Crippen molar-refractivity contribution in [2.75, 3.05) is 4.90 Å². The number of hydrogen-bond acceptors (Lipinski definition) is 2. The first kappa shape index (κ1) is 19.7. The number of anilines is 1. The number of amides is 1. The smallest absolute Gasteiger partial charge is 0.300 e. The number of aryl methyl sites for hydroxylation is 1. The number of carbonyl (C=O) groups is 1. The monoisotopic (exact) mass is 400 g/mol. The molecule has 2 aliphatic heterocycles. The Hall–Kier alpha value is -2.63. The molecule has 0 fully saturated rings. The molecule has 152 valence electrons. The molecule has 29 heavy (non-hydrogen) atoms. The summed E-state index contributed by atoms with van der Waals surface area (Å²) in [5.74, 6) is 0.0334. The summed E-state index contributed by atoms with van der Waals surface area (Å²) in [6.45, 7) is 8.24. The molecule has 0 spiro atoms. The van der Waals surface area contributed by atoms with Crippen LogP contribution in [0.3, 0.4) is 0 Å². The molecule has 0 saturated carbocycles. The molecule has 0 radical (unpaired) electrons. The molecule has 1 atom stereocenters. The third-order valence-electron chi connectivity index (χ3n) is 5.85. The van der Waals surface area contributed by atoms with E-state index in [1.165, 1.54) is 12.1 Å². The Morgan fingerprint density at radius 2 is 1.93 bits per heavy atom. The second kappa shape index (κ2) is 6.44. The summed E-state index contributed by atoms with van der Waals surface area (Å²) in [5.41, 5.74) is 2.98. The minimum absolute atomic E-state index is 0.129. The third-order valence-corrected chi connectivity index (χ3v) is 5.85. The van der Waals surface area contributed by atoms with Gasteiger partial charge < -0.3 is 4.90 Å². The fraction of sp³-hybridized carbons (Fsp3) is 0.391. The van der Waals surface area contributed by atoms with E-state index in [0.29, 0.717) is 0 Å². The molecular weight excluding hydrogens is 377 g/mol. The molecule has 2 aromatic carbocycles. The minimum atomic E-state index is -4.46. The fourth-order valence-corrected chi connectivity index (χ4v) is 4.57. The van der Waals surface area contributed by atoms with Gasteiger partial charge >= 0.3 is 6.18 Å². The molecule has 4 rings (SSSR count). The molecule has 1 amide bonds. The standard InChI is InChI=1S/C23H23F3N2O/c1-5-14-9-17-13(2)12-22(3,4)28-20(17)18(10-14)19(21(28)29)27-16-8-6-7-15(11-16)23(24,25)26/h6-11,13H,5,12H2,1-4H3/t13-/m0/s1. The Morgan fingerprint density at radius 1 is 1.21 bits per heavy atom. The second-order valence-electron chi connectivity index (χ2n) is 8.50. The van der Waals surface area contributed by atoms with Gasteiger partial charge in [-0.05, 0) is 68.0 Å². The highest BCUT2D eigenvalue weighted by Gasteiger charge is 2.48. The number of hydrogen-bond donors (Lipinski definition) is 0. The normalized spacial score (nSPS) is 21.6. The zero-order valence-corrected chi connectivity index (χ0v) is 16.9. The summed E-state index contributed by atoms with van der Waals surface area (Å²) in [7, 11) is 0. The van der Waals surface area contributed by atoms with Crippen LogP contribution in [0.2, 0.25) is 0 Å². The summed E-state index contributed by atoms with van der Waals surface area (Å²) in [5, 5.41) is 0. The summed E-state index contributed by atoms with van der Waals surface area (Å²) in [4.78, 5) is 19.6. The first-order valence-corrected chi connectivity index (χ1v) is 9.80. The van der Waals surface area contributed by atoms with E-state index in [9.17, 15) is 18.0 Å². The first-order chi connectivity index (χ1) is 13.5. The molecule has 0 bridgehead atoms. The lowest BCUT2D eigenvalue weighted by atomic mass is 9.79. The van der Waals surface area contributed by atoms with Crippen LogP contribution in [0, 0.1) is 0 Å². The average molecular weight is 400 g/mol. The molecule has 0 N–H and O–H groups in total. The van der Waals surface area contributed by atoms with Gasteiger partial charge in [0.2, 0.25) is 0 Å². The van der Waals surface area contributed by atoms with E-state index in [0.717, 1.165) is 47.4 Å². The highest BCUT2D eigenvalue weighted by atomic mass is 19.4. The number of alkyl halides is 3. The van der Waals surface area contributed by atoms with Crippen LogP contribution in [0.1, 0.15) is 62.3 Å². The topological polar surface area (TPSA) is 32.7 Å². The van der Waals surface area contributed by atoms with Crippen LogP contribution >= 0.6 is 0 Å². The molecular formula is C23H23F3N2O. The van der Waals surface area contributed by atoms with Crippen LogP contribution in [0.25, 0.3) is 0 Å². The van der Waals surface area contributed by atoms with E-state index in [2.05, 4.69) is 18.0 Å². The molecule has 0 saturated heterocycles. The highest BCUT2D eigenvalue weighted by Crippen LogP contribution is 2.49. The summed E-state index contributed by atoms with van der Waals surface area (Å²) in [6, 6.07) is 8.91. The van der Waals surface area contributed by atoms with Crippen molar-refractivity contribution < 1.29 is 18.0 Å². The van der Waals surface area contributed by atoms with E-state index in [4.69, 9.17) is 0 Å². The first-order valence-electron chi connectivity index (χ1n) is 9.80. The van der Waals surface area contributed by atoms with Gasteiger partial charge in [-0.1, -0.05) is 26.0 Å². The number of nitrogens with zero attached hydrogens (tertiary/aromatic N) is 2. The Bertz CT molecular complexity index is 1040. The minimum Gasteiger partial charge on any atom is -0.300 e. The number of benzene rings is 2. The highest BCUT2D eigenvalue weighted by molar-refractivity contribution is 6.55. The molecule has 0 aromatic heterocycles. The van der Waals surface area contributed by atoms with Crippen molar-refractivity contribution in [2.45, 2.75) is 58.2 Å². The lowest BCUT2D eigenvalue weighted by Crippen LogP contribution is -2.50. The van der Waals surface area contributed by atoms with Crippen LogP contribution in [-0.4, -0.2) is 17.2 Å². The van der Waals surface area contributed by atoms with Gasteiger partial charge in [-0.2, -0.15) is 13.2 Å². The predicted octanol–water partition coefficient (Wildman–Crippen LogP) is 6.02. The quantitative estimate of drug-likeness (QED) is 0.607. The van der Waals surface area contributed by atoms with Gasteiger partial charge in [0, 0.05) is 11.1 Å². The van der Waals surface area contributed by atoms with E-state index in [1.807, 2.05) is 26.8 Å². The van der Waals surface area contributed by atoms with Crippen molar-refractivity contribution >= 4 is 23.0 Å². The maximum Gasteiger partial charge on any atom is 0.416 e. The van der Waals surface area contributed by atoms with Gasteiger partial charge in [-0.15, -0.1) is 0 Å². The molecule has 0 aliphatic carbocycles. The molecule has 6 heteroatoms. The van der Waals surface area contributed by atoms with Gasteiger partial charge in [-0.25, -0.2) is 4.99 Å². The fourth-order valence-electron chi connectivity index (χ4n) is 4.57. The second-order valence-corrected chi connectivity index (χ2v) is 8.50. The van der Waals surface area contributed by atoms with Gasteiger partial charge in [0.25, 0.3) is 5.91 Å². The SMILES string of the molecule is CCc1cc2c3c(c1)[C@@H](C)CC(C)(C)N3C(=O)C2=Nc1cccc(C(F)(F)F)c1. The third kappa shape index (κ3) is 3.15. The summed E-state index contributed by atoms with van der Waals surface area (Å²) in [6.07, 6.45) is -2.83. The molecule has 2 aromatic rings. The van der Waals surface area contributed by atoms with Crippen molar-refractivity contribution in [1.29, 1.82) is 0 Å². The van der Waals surface area contributed by atoms with Crippen molar-refractivity contribution in [3.63, 3.8) is 0 Å². The van der Waals surface area contributed by atoms with E-state index in [-0.39, 0.29) is 23.2 Å². The van der Waals surface area contributed by atoms with Crippen LogP contribution in [0.5, 0.6) is 0 Å². The van der Waals surface area contributed by atoms with E-state index in [1.54, 1.807) is 4.90 Å². The van der Waals surface area contributed by atoms with E-state index >= 15 is 0 Å². The zero-order chi connectivity index (χ0) is 21.1. The Balaban J connectivity index is 1.93. The van der Waals surface area contributed by atoms with Gasteiger partial charge in [0.1, 0.15) is 5.71 Å². The van der Waals surface area contributed by atoms with Crippen molar-refractivity contribution in [1.82, 2.24) is 0 Å². The molecule has 3 nitrogen and oxygen atoms in total. The maximum atomic E-state index is 13.4. The number of halogens is 3. The van der Waals surface area contributed by atoms with Gasteiger partial charge in [0.05, 0.1) is 16.9 Å². The average Bonchev–Trinajstić information content (AvgIpc) is 2.92. The Labute approximate surface area is 168 Å². The summed E-state index contributed by atoms with van der Waals surface area (Å²) < 4.78 is 39.3. The van der Waals surface area contributed by atoms with Crippen molar-refractivity contribution in [3.8, 4) is 0 Å². The number of rotatable bonds is 2. The largest absolute Gasteiger partial charge is 0.416 e. The lowest BCUT2D eigenvalue weighted by Gasteiger charge is -2.43. The molecule has 0 unspecified atom stereocenters. The summed E-state index contributed by atoms with van der Waals surface area (Å²) >= 11 is 0. The van der Waals surface area contributed by atoms with E-state index < -0.39 is 17.3 Å². The maximum absolute atomic E-state index is 13.4. The van der Waals surface area contributed by atoms with Crippen molar-refractivity contribution in [3.05, 3.63) is 58.7 Å². The Kier molecular flexibility index (Phi) is 4.37. The van der Waals surface area contributed by atoms with Crippen LogP contribution in [0.15, 0.2) is 41.4 Å². The van der Waals surface area contributed by atoms with Crippen LogP contribution in [-0.2, 0) is 17.4 Å². The zero-order valence-electron chi connectivity index (χ0n) is 16.9. The van der Waals surface area contributed by atoms with Crippen LogP contribution in [0.4, 0.5) is 24.5 Å². The van der Waals surface area contributed by atoms with Gasteiger partial charge in [-0.3, -0.25) is 4.79 Å². The van der Waals surface area contributed by atoms with Crippen molar-refractivity contribution in [2.24, 2.45) is 4.99 Å². The predicted molar refractivity (Wildman–Crippen MR) is 108 cm³/mol. The number of aliphatic imine (C=N–C) groups is 1. The Morgan fingerprint density at radius 3 is 2.59 bits per heavy atom. The molecule has 2 aliphatic rings. The number of carbonyl (C=O) groups excluding carboxylic acids is 1. The van der Waals surface area contributed by atoms with Crippen LogP contribution < -0.4 is 4.90 Å².